The van der Waals surface area contributed by atoms with Crippen molar-refractivity contribution >= 4 is 41.2 Å². The summed E-state index contributed by atoms with van der Waals surface area (Å²) < 4.78 is 0. The first-order chi connectivity index (χ1) is 11.9. The topological polar surface area (TPSA) is 66.5 Å². The van der Waals surface area contributed by atoms with E-state index in [4.69, 9.17) is 11.6 Å². The summed E-state index contributed by atoms with van der Waals surface area (Å²) in [6.45, 7) is 3.70. The van der Waals surface area contributed by atoms with Gasteiger partial charge in [0.05, 0.1) is 5.69 Å². The first kappa shape index (κ1) is 16.9. The predicted molar refractivity (Wildman–Crippen MR) is 96.4 cm³/mol. The first-order valence-electron chi connectivity index (χ1n) is 7.61. The maximum absolute atomic E-state index is 12.8. The van der Waals surface area contributed by atoms with Crippen LogP contribution in [0.1, 0.15) is 16.7 Å². The van der Waals surface area contributed by atoms with Gasteiger partial charge in [0.1, 0.15) is 5.57 Å². The molecule has 0 aromatic heterocycles. The second-order valence-corrected chi connectivity index (χ2v) is 6.24. The van der Waals surface area contributed by atoms with Crippen molar-refractivity contribution in [2.45, 2.75) is 13.8 Å². The number of urea groups is 1. The van der Waals surface area contributed by atoms with Gasteiger partial charge in [-0.15, -0.1) is 0 Å². The van der Waals surface area contributed by atoms with Gasteiger partial charge in [0.25, 0.3) is 11.8 Å². The number of nitrogens with zero attached hydrogens (tertiary/aromatic N) is 1. The third-order valence-electron chi connectivity index (χ3n) is 3.90. The SMILES string of the molecule is Cc1ccc(/C=C2\C(=O)NC(=O)N(c3cc(Cl)ccc3C)C2=O)cc1. The van der Waals surface area contributed by atoms with Gasteiger partial charge in [-0.3, -0.25) is 14.9 Å². The van der Waals surface area contributed by atoms with E-state index in [0.29, 0.717) is 21.8 Å². The number of nitrogens with one attached hydrogen (secondary N) is 1. The first-order valence-corrected chi connectivity index (χ1v) is 7.99. The minimum absolute atomic E-state index is 0.108. The molecule has 1 heterocycles. The molecule has 2 aromatic rings. The molecule has 1 aliphatic rings. The van der Waals surface area contributed by atoms with E-state index < -0.39 is 17.8 Å². The Morgan fingerprint density at radius 1 is 1.00 bits per heavy atom. The summed E-state index contributed by atoms with van der Waals surface area (Å²) in [6.07, 6.45) is 1.47. The number of carbonyl (C=O) groups is 3. The van der Waals surface area contributed by atoms with Gasteiger partial charge in [0.2, 0.25) is 0 Å². The molecule has 0 radical (unpaired) electrons. The summed E-state index contributed by atoms with van der Waals surface area (Å²) in [4.78, 5) is 38.1. The zero-order valence-corrected chi connectivity index (χ0v) is 14.4. The molecule has 3 rings (SSSR count). The molecule has 25 heavy (non-hydrogen) atoms. The van der Waals surface area contributed by atoms with E-state index >= 15 is 0 Å². The Balaban J connectivity index is 2.05. The van der Waals surface area contributed by atoms with Gasteiger partial charge in [-0.05, 0) is 43.2 Å². The third-order valence-corrected chi connectivity index (χ3v) is 4.14. The summed E-state index contributed by atoms with van der Waals surface area (Å²) in [6, 6.07) is 11.5. The van der Waals surface area contributed by atoms with Crippen molar-refractivity contribution in [2.24, 2.45) is 0 Å². The third kappa shape index (κ3) is 3.32. The molecule has 0 saturated carbocycles. The number of amides is 4. The Kier molecular flexibility index (Phi) is 4.42. The number of hydrogen-bond donors (Lipinski definition) is 1. The molecular weight excluding hydrogens is 340 g/mol. The molecule has 1 saturated heterocycles. The van der Waals surface area contributed by atoms with Gasteiger partial charge in [-0.2, -0.15) is 0 Å². The number of halogens is 1. The number of rotatable bonds is 2. The summed E-state index contributed by atoms with van der Waals surface area (Å²) >= 11 is 5.99. The van der Waals surface area contributed by atoms with Crippen LogP contribution in [0.25, 0.3) is 6.08 Å². The maximum atomic E-state index is 12.8. The molecule has 0 bridgehead atoms. The summed E-state index contributed by atoms with van der Waals surface area (Å²) in [5, 5.41) is 2.59. The number of carbonyl (C=O) groups excluding carboxylic acids is 3. The van der Waals surface area contributed by atoms with Crippen LogP contribution in [0, 0.1) is 13.8 Å². The van der Waals surface area contributed by atoms with Gasteiger partial charge in [0, 0.05) is 5.02 Å². The monoisotopic (exact) mass is 354 g/mol. The molecule has 4 amide bonds. The Labute approximate surface area is 149 Å². The van der Waals surface area contributed by atoms with Crippen molar-refractivity contribution < 1.29 is 14.4 Å². The lowest BCUT2D eigenvalue weighted by Gasteiger charge is -2.27. The molecular formula is C19H15ClN2O3. The Morgan fingerprint density at radius 2 is 1.68 bits per heavy atom. The summed E-state index contributed by atoms with van der Waals surface area (Å²) in [5.74, 6) is -1.40. The van der Waals surface area contributed by atoms with Crippen LogP contribution in [0.3, 0.4) is 0 Å². The van der Waals surface area contributed by atoms with Crippen LogP contribution in [0.5, 0.6) is 0 Å². The number of benzene rings is 2. The smallest absolute Gasteiger partial charge is 0.273 e. The second kappa shape index (κ2) is 6.53. The molecule has 2 aromatic carbocycles. The second-order valence-electron chi connectivity index (χ2n) is 5.80. The van der Waals surface area contributed by atoms with Crippen molar-refractivity contribution in [1.82, 2.24) is 5.32 Å². The van der Waals surface area contributed by atoms with E-state index in [2.05, 4.69) is 5.32 Å². The van der Waals surface area contributed by atoms with E-state index in [0.717, 1.165) is 10.5 Å². The quantitative estimate of drug-likeness (QED) is 0.661. The highest BCUT2D eigenvalue weighted by Crippen LogP contribution is 2.28. The predicted octanol–water partition coefficient (Wildman–Crippen LogP) is 3.62. The normalized spacial score (nSPS) is 16.4. The van der Waals surface area contributed by atoms with Gasteiger partial charge >= 0.3 is 6.03 Å². The van der Waals surface area contributed by atoms with Crippen LogP contribution in [0.4, 0.5) is 10.5 Å². The number of imide groups is 2. The minimum atomic E-state index is -0.790. The number of anilines is 1. The zero-order chi connectivity index (χ0) is 18.1. The van der Waals surface area contributed by atoms with Crippen LogP contribution in [-0.4, -0.2) is 17.8 Å². The Morgan fingerprint density at radius 3 is 2.36 bits per heavy atom. The maximum Gasteiger partial charge on any atom is 0.335 e. The van der Waals surface area contributed by atoms with Crippen LogP contribution < -0.4 is 10.2 Å². The fraction of sp³-hybridized carbons (Fsp3) is 0.105. The van der Waals surface area contributed by atoms with Crippen molar-refractivity contribution in [3.8, 4) is 0 Å². The van der Waals surface area contributed by atoms with Crippen LogP contribution in [0.2, 0.25) is 5.02 Å². The van der Waals surface area contributed by atoms with Crippen molar-refractivity contribution in [1.29, 1.82) is 0 Å². The van der Waals surface area contributed by atoms with Gasteiger partial charge in [-0.1, -0.05) is 47.5 Å². The molecule has 1 fully saturated rings. The van der Waals surface area contributed by atoms with Crippen LogP contribution >= 0.6 is 11.6 Å². The Hall–Kier alpha value is -2.92. The van der Waals surface area contributed by atoms with Crippen LogP contribution in [-0.2, 0) is 9.59 Å². The van der Waals surface area contributed by atoms with Crippen molar-refractivity contribution in [3.05, 3.63) is 69.8 Å². The van der Waals surface area contributed by atoms with Gasteiger partial charge in [0.15, 0.2) is 0 Å². The fourth-order valence-corrected chi connectivity index (χ4v) is 2.70. The highest BCUT2D eigenvalue weighted by atomic mass is 35.5. The fourth-order valence-electron chi connectivity index (χ4n) is 2.53. The Bertz CT molecular complexity index is 917. The lowest BCUT2D eigenvalue weighted by atomic mass is 10.0. The van der Waals surface area contributed by atoms with E-state index in [9.17, 15) is 14.4 Å². The summed E-state index contributed by atoms with van der Waals surface area (Å²) in [5.41, 5.74) is 2.69. The largest absolute Gasteiger partial charge is 0.335 e. The molecule has 0 unspecified atom stereocenters. The summed E-state index contributed by atoms with van der Waals surface area (Å²) in [7, 11) is 0. The average molecular weight is 355 g/mol. The highest BCUT2D eigenvalue weighted by Gasteiger charge is 2.37. The molecule has 1 aliphatic heterocycles. The molecule has 0 aliphatic carbocycles. The minimum Gasteiger partial charge on any atom is -0.273 e. The zero-order valence-electron chi connectivity index (χ0n) is 13.7. The number of barbiturate groups is 1. The van der Waals surface area contributed by atoms with Crippen LogP contribution in [0.15, 0.2) is 48.0 Å². The number of aryl methyl sites for hydroxylation is 2. The standard InChI is InChI=1S/C19H15ClN2O3/c1-11-3-6-13(7-4-11)9-15-17(23)21-19(25)22(18(15)24)16-10-14(20)8-5-12(16)2/h3-10H,1-2H3,(H,21,23,25)/b15-9+. The number of hydrogen-bond acceptors (Lipinski definition) is 3. The van der Waals surface area contributed by atoms with E-state index in [-0.39, 0.29) is 5.57 Å². The molecule has 5 nitrogen and oxygen atoms in total. The van der Waals surface area contributed by atoms with Crippen molar-refractivity contribution in [2.75, 3.05) is 4.90 Å². The molecule has 1 N–H and O–H groups in total. The average Bonchev–Trinajstić information content (AvgIpc) is 2.56. The van der Waals surface area contributed by atoms with E-state index in [1.54, 1.807) is 31.2 Å². The lowest BCUT2D eigenvalue weighted by Crippen LogP contribution is -2.54. The van der Waals surface area contributed by atoms with Gasteiger partial charge < -0.3 is 0 Å². The van der Waals surface area contributed by atoms with Crippen molar-refractivity contribution in [3.63, 3.8) is 0 Å². The molecule has 6 heteroatoms. The van der Waals surface area contributed by atoms with E-state index in [1.165, 1.54) is 12.1 Å². The highest BCUT2D eigenvalue weighted by molar-refractivity contribution is 6.39. The lowest BCUT2D eigenvalue weighted by molar-refractivity contribution is -0.122. The molecule has 0 atom stereocenters. The molecule has 126 valence electrons. The van der Waals surface area contributed by atoms with E-state index in [1.807, 2.05) is 19.1 Å². The molecule has 0 spiro atoms. The van der Waals surface area contributed by atoms with Gasteiger partial charge in [-0.25, -0.2) is 9.69 Å².